The molecular weight excluding hydrogens is 526 g/mol. The SMILES string of the molecule is COc1cc(/C=N\NC(=O)COc2cc(C)ccc2C(C)C)ccc1OS(=O)(=O)c1ccc(C)c([N+](=O)[O-])c1. The van der Waals surface area contributed by atoms with Gasteiger partial charge >= 0.3 is 10.1 Å². The number of nitrogens with zero attached hydrogens (tertiary/aromatic N) is 2. The van der Waals surface area contributed by atoms with Crippen molar-refractivity contribution >= 4 is 27.9 Å². The van der Waals surface area contributed by atoms with Crippen molar-refractivity contribution in [3.05, 3.63) is 87.0 Å². The predicted octanol–water partition coefficient (Wildman–Crippen LogP) is 4.64. The van der Waals surface area contributed by atoms with Crippen LogP contribution in [0, 0.1) is 24.0 Å². The van der Waals surface area contributed by atoms with E-state index in [1.54, 1.807) is 0 Å². The van der Waals surface area contributed by atoms with E-state index in [9.17, 15) is 23.3 Å². The second kappa shape index (κ2) is 12.4. The summed E-state index contributed by atoms with van der Waals surface area (Å²) in [5, 5.41) is 15.1. The number of methoxy groups -OCH3 is 1. The minimum atomic E-state index is -4.39. The van der Waals surface area contributed by atoms with Crippen molar-refractivity contribution in [2.24, 2.45) is 5.10 Å². The van der Waals surface area contributed by atoms with E-state index in [0.717, 1.165) is 17.2 Å². The third kappa shape index (κ3) is 7.54. The maximum absolute atomic E-state index is 12.7. The molecule has 206 valence electrons. The molecule has 39 heavy (non-hydrogen) atoms. The van der Waals surface area contributed by atoms with E-state index < -0.39 is 20.9 Å². The maximum Gasteiger partial charge on any atom is 0.339 e. The molecule has 0 fully saturated rings. The van der Waals surface area contributed by atoms with Crippen LogP contribution in [0.25, 0.3) is 0 Å². The molecule has 0 heterocycles. The molecule has 3 aromatic carbocycles. The highest BCUT2D eigenvalue weighted by Crippen LogP contribution is 2.32. The fourth-order valence-electron chi connectivity index (χ4n) is 3.54. The zero-order chi connectivity index (χ0) is 28.7. The first-order valence-corrected chi connectivity index (χ1v) is 13.2. The minimum absolute atomic E-state index is 0.0689. The van der Waals surface area contributed by atoms with Gasteiger partial charge in [0.1, 0.15) is 10.6 Å². The average molecular weight is 556 g/mol. The number of hydrazone groups is 1. The number of carbonyl (C=O) groups is 1. The molecule has 0 spiro atoms. The Bertz CT molecular complexity index is 1520. The van der Waals surface area contributed by atoms with Crippen molar-refractivity contribution in [3.63, 3.8) is 0 Å². The zero-order valence-electron chi connectivity index (χ0n) is 22.1. The first-order valence-electron chi connectivity index (χ1n) is 11.8. The molecule has 3 aromatic rings. The predicted molar refractivity (Wildman–Crippen MR) is 145 cm³/mol. The van der Waals surface area contributed by atoms with Gasteiger partial charge in [0.15, 0.2) is 18.1 Å². The maximum atomic E-state index is 12.7. The van der Waals surface area contributed by atoms with Crippen LogP contribution in [-0.2, 0) is 14.9 Å². The van der Waals surface area contributed by atoms with Gasteiger partial charge in [0.2, 0.25) is 0 Å². The minimum Gasteiger partial charge on any atom is -0.493 e. The van der Waals surface area contributed by atoms with E-state index in [-0.39, 0.29) is 34.6 Å². The van der Waals surface area contributed by atoms with Gasteiger partial charge in [0, 0.05) is 11.6 Å². The lowest BCUT2D eigenvalue weighted by Crippen LogP contribution is -2.25. The van der Waals surface area contributed by atoms with Crippen molar-refractivity contribution in [2.45, 2.75) is 38.5 Å². The highest BCUT2D eigenvalue weighted by Gasteiger charge is 2.23. The fraction of sp³-hybridized carbons (Fsp3) is 0.259. The number of rotatable bonds is 11. The van der Waals surface area contributed by atoms with Crippen LogP contribution in [0.4, 0.5) is 5.69 Å². The van der Waals surface area contributed by atoms with Crippen molar-refractivity contribution in [3.8, 4) is 17.2 Å². The van der Waals surface area contributed by atoms with Crippen LogP contribution in [-0.4, -0.2) is 39.2 Å². The summed E-state index contributed by atoms with van der Waals surface area (Å²) in [7, 11) is -3.07. The Balaban J connectivity index is 1.66. The number of nitro groups is 1. The molecule has 12 heteroatoms. The van der Waals surface area contributed by atoms with E-state index in [0.29, 0.717) is 16.9 Å². The Morgan fingerprint density at radius 2 is 1.79 bits per heavy atom. The number of carbonyl (C=O) groups excluding carboxylic acids is 1. The molecule has 1 amide bonds. The molecule has 0 atom stereocenters. The van der Waals surface area contributed by atoms with Crippen LogP contribution in [0.1, 0.15) is 42.0 Å². The van der Waals surface area contributed by atoms with Crippen LogP contribution in [0.3, 0.4) is 0 Å². The quantitative estimate of drug-likeness (QED) is 0.156. The van der Waals surface area contributed by atoms with Gasteiger partial charge < -0.3 is 13.7 Å². The summed E-state index contributed by atoms with van der Waals surface area (Å²) in [5.41, 5.74) is 4.84. The molecule has 0 unspecified atom stereocenters. The number of hydrogen-bond acceptors (Lipinski definition) is 9. The van der Waals surface area contributed by atoms with Gasteiger partial charge in [-0.1, -0.05) is 32.0 Å². The van der Waals surface area contributed by atoms with Gasteiger partial charge in [-0.3, -0.25) is 14.9 Å². The molecule has 0 bridgehead atoms. The van der Waals surface area contributed by atoms with Crippen LogP contribution in [0.15, 0.2) is 64.6 Å². The van der Waals surface area contributed by atoms with E-state index in [2.05, 4.69) is 10.5 Å². The number of amides is 1. The molecule has 0 saturated heterocycles. The summed E-state index contributed by atoms with van der Waals surface area (Å²) >= 11 is 0. The van der Waals surface area contributed by atoms with Crippen LogP contribution >= 0.6 is 0 Å². The number of nitrogens with one attached hydrogen (secondary N) is 1. The van der Waals surface area contributed by atoms with Gasteiger partial charge in [-0.2, -0.15) is 13.5 Å². The summed E-state index contributed by atoms with van der Waals surface area (Å²) in [6, 6.07) is 13.6. The molecule has 11 nitrogen and oxygen atoms in total. The smallest absolute Gasteiger partial charge is 0.339 e. The first-order chi connectivity index (χ1) is 18.4. The second-order valence-corrected chi connectivity index (χ2v) is 10.5. The topological polar surface area (TPSA) is 146 Å². The third-order valence-corrected chi connectivity index (χ3v) is 6.84. The fourth-order valence-corrected chi connectivity index (χ4v) is 4.50. The first kappa shape index (κ1) is 29.1. The van der Waals surface area contributed by atoms with Crippen LogP contribution in [0.2, 0.25) is 0 Å². The summed E-state index contributed by atoms with van der Waals surface area (Å²) in [4.78, 5) is 22.4. The zero-order valence-corrected chi connectivity index (χ0v) is 22.9. The van der Waals surface area contributed by atoms with Gasteiger partial charge in [-0.05, 0) is 66.8 Å². The lowest BCUT2D eigenvalue weighted by Gasteiger charge is -2.14. The molecular formula is C27H29N3O8S. The number of benzene rings is 3. The van der Waals surface area contributed by atoms with E-state index in [1.807, 2.05) is 39.0 Å². The summed E-state index contributed by atoms with van der Waals surface area (Å²) in [5.74, 6) is 0.343. The lowest BCUT2D eigenvalue weighted by atomic mass is 10.0. The molecule has 0 aliphatic rings. The Morgan fingerprint density at radius 3 is 2.46 bits per heavy atom. The van der Waals surface area contributed by atoms with Gasteiger partial charge in [-0.25, -0.2) is 5.43 Å². The summed E-state index contributed by atoms with van der Waals surface area (Å²) in [6.07, 6.45) is 1.34. The average Bonchev–Trinajstić information content (AvgIpc) is 2.87. The molecule has 1 N–H and O–H groups in total. The molecule has 0 saturated carbocycles. The Labute approximate surface area is 226 Å². The van der Waals surface area contributed by atoms with Crippen molar-refractivity contribution in [1.82, 2.24) is 5.43 Å². The summed E-state index contributed by atoms with van der Waals surface area (Å²) in [6.45, 7) is 7.29. The number of nitro benzene ring substituents is 1. The highest BCUT2D eigenvalue weighted by molar-refractivity contribution is 7.87. The molecule has 0 radical (unpaired) electrons. The Hall–Kier alpha value is -4.45. The molecule has 0 aliphatic carbocycles. The van der Waals surface area contributed by atoms with E-state index >= 15 is 0 Å². The Morgan fingerprint density at radius 1 is 1.05 bits per heavy atom. The molecule has 0 aliphatic heterocycles. The van der Waals surface area contributed by atoms with E-state index in [4.69, 9.17) is 13.7 Å². The highest BCUT2D eigenvalue weighted by atomic mass is 32.2. The standard InChI is InChI=1S/C27H29N3O8S/c1-17(2)22-10-6-18(3)12-25(22)37-16-27(31)29-28-15-20-8-11-24(26(13-20)36-5)38-39(34,35)21-9-7-19(4)23(14-21)30(32)33/h6-15,17H,16H2,1-5H3,(H,29,31)/b28-15-. The second-order valence-electron chi connectivity index (χ2n) is 8.93. The van der Waals surface area contributed by atoms with Crippen molar-refractivity contribution < 1.29 is 31.8 Å². The van der Waals surface area contributed by atoms with Crippen LogP contribution < -0.4 is 19.1 Å². The Kier molecular flexibility index (Phi) is 9.25. The lowest BCUT2D eigenvalue weighted by molar-refractivity contribution is -0.385. The number of aryl methyl sites for hydroxylation is 2. The van der Waals surface area contributed by atoms with Crippen LogP contribution in [0.5, 0.6) is 17.2 Å². The van der Waals surface area contributed by atoms with Crippen molar-refractivity contribution in [1.29, 1.82) is 0 Å². The summed E-state index contributed by atoms with van der Waals surface area (Å²) < 4.78 is 41.6. The molecule has 0 aromatic heterocycles. The third-order valence-electron chi connectivity index (χ3n) is 5.61. The van der Waals surface area contributed by atoms with Gasteiger partial charge in [-0.15, -0.1) is 0 Å². The number of hydrogen-bond donors (Lipinski definition) is 1. The number of ether oxygens (including phenoxy) is 2. The normalized spacial score (nSPS) is 11.4. The molecule has 3 rings (SSSR count). The van der Waals surface area contributed by atoms with Gasteiger partial charge in [0.05, 0.1) is 18.2 Å². The van der Waals surface area contributed by atoms with Gasteiger partial charge in [0.25, 0.3) is 11.6 Å². The van der Waals surface area contributed by atoms with E-state index in [1.165, 1.54) is 50.6 Å². The largest absolute Gasteiger partial charge is 0.493 e. The monoisotopic (exact) mass is 555 g/mol. The van der Waals surface area contributed by atoms with Crippen molar-refractivity contribution in [2.75, 3.05) is 13.7 Å².